The van der Waals surface area contributed by atoms with Crippen LogP contribution >= 0.6 is 39.9 Å². The quantitative estimate of drug-likeness (QED) is 0.614. The number of carbonyl (C=O) groups excluding carboxylic acids is 1. The highest BCUT2D eigenvalue weighted by molar-refractivity contribution is 9.10. The highest BCUT2D eigenvalue weighted by atomic mass is 79.9. The van der Waals surface area contributed by atoms with Crippen LogP contribution < -0.4 is 0 Å². The number of amides is 1. The van der Waals surface area contributed by atoms with E-state index in [-0.39, 0.29) is 12.3 Å². The molecule has 0 radical (unpaired) electrons. The third-order valence-corrected chi connectivity index (χ3v) is 4.84. The normalized spacial score (nSPS) is 17.0. The molecule has 0 saturated carbocycles. The van der Waals surface area contributed by atoms with Crippen LogP contribution in [0.25, 0.3) is 6.08 Å². The monoisotopic (exact) mass is 389 g/mol. The number of aliphatic carboxylic acids is 1. The average molecular weight is 390 g/mol. The largest absolute Gasteiger partial charge is 0.481 e. The number of rotatable bonds is 5. The van der Waals surface area contributed by atoms with Gasteiger partial charge >= 0.3 is 5.97 Å². The minimum atomic E-state index is -0.880. The molecular weight excluding hydrogens is 378 g/mol. The Labute approximate surface area is 139 Å². The van der Waals surface area contributed by atoms with Gasteiger partial charge in [0.05, 0.1) is 16.9 Å². The maximum atomic E-state index is 12.3. The summed E-state index contributed by atoms with van der Waals surface area (Å²) in [7, 11) is 1.83. The smallest absolute Gasteiger partial charge is 0.303 e. The molecule has 6 nitrogen and oxygen atoms in total. The average Bonchev–Trinajstić information content (AvgIpc) is 2.86. The summed E-state index contributed by atoms with van der Waals surface area (Å²) in [5.74, 6) is -1.07. The minimum absolute atomic E-state index is 0.0172. The van der Waals surface area contributed by atoms with Crippen LogP contribution in [0.2, 0.25) is 0 Å². The van der Waals surface area contributed by atoms with E-state index in [1.165, 1.54) is 16.7 Å². The van der Waals surface area contributed by atoms with Gasteiger partial charge < -0.3 is 9.67 Å². The van der Waals surface area contributed by atoms with Crippen molar-refractivity contribution in [2.75, 3.05) is 6.54 Å². The van der Waals surface area contributed by atoms with Gasteiger partial charge in [-0.15, -0.1) is 0 Å². The zero-order valence-electron chi connectivity index (χ0n) is 11.1. The standard InChI is InChI=1S/C12H12BrN3O3S2/c1-15-6-14-10(13)7(15)5-8-11(19)16(12(20)21-8)4-2-3-9(17)18/h5-6H,2-4H2,1H3,(H,17,18)/b8-5+. The summed E-state index contributed by atoms with van der Waals surface area (Å²) >= 11 is 9.72. The van der Waals surface area contributed by atoms with Crippen molar-refractivity contribution < 1.29 is 14.7 Å². The molecule has 112 valence electrons. The molecule has 2 heterocycles. The molecular formula is C12H12BrN3O3S2. The third kappa shape index (κ3) is 3.72. The molecule has 2 rings (SSSR count). The number of thioether (sulfide) groups is 1. The van der Waals surface area contributed by atoms with Crippen LogP contribution in [-0.4, -0.2) is 42.3 Å². The summed E-state index contributed by atoms with van der Waals surface area (Å²) in [5, 5.41) is 8.64. The Morgan fingerprint density at radius 3 is 2.90 bits per heavy atom. The van der Waals surface area contributed by atoms with Gasteiger partial charge in [-0.2, -0.15) is 0 Å². The maximum absolute atomic E-state index is 12.3. The van der Waals surface area contributed by atoms with E-state index in [0.29, 0.717) is 26.8 Å². The van der Waals surface area contributed by atoms with Gasteiger partial charge in [0.2, 0.25) is 0 Å². The molecule has 1 aliphatic heterocycles. The number of hydrogen-bond acceptors (Lipinski definition) is 5. The number of halogens is 1. The summed E-state index contributed by atoms with van der Waals surface area (Å²) in [6.07, 6.45) is 3.77. The Morgan fingerprint density at radius 2 is 2.33 bits per heavy atom. The topological polar surface area (TPSA) is 75.4 Å². The maximum Gasteiger partial charge on any atom is 0.303 e. The van der Waals surface area contributed by atoms with Gasteiger partial charge in [-0.3, -0.25) is 14.5 Å². The molecule has 1 amide bonds. The molecule has 9 heteroatoms. The van der Waals surface area contributed by atoms with E-state index in [4.69, 9.17) is 17.3 Å². The van der Waals surface area contributed by atoms with Crippen molar-refractivity contribution in [1.29, 1.82) is 0 Å². The minimum Gasteiger partial charge on any atom is -0.481 e. The molecule has 0 bridgehead atoms. The Bertz CT molecular complexity index is 622. The van der Waals surface area contributed by atoms with Crippen molar-refractivity contribution in [3.05, 3.63) is 21.5 Å². The fraction of sp³-hybridized carbons (Fsp3) is 0.333. The molecule has 21 heavy (non-hydrogen) atoms. The lowest BCUT2D eigenvalue weighted by molar-refractivity contribution is -0.137. The van der Waals surface area contributed by atoms with Gasteiger partial charge in [-0.05, 0) is 28.4 Å². The molecule has 0 aliphatic carbocycles. The van der Waals surface area contributed by atoms with E-state index in [2.05, 4.69) is 20.9 Å². The van der Waals surface area contributed by atoms with Crippen molar-refractivity contribution in [2.24, 2.45) is 7.05 Å². The fourth-order valence-corrected chi connectivity index (χ4v) is 3.55. The molecule has 1 aliphatic rings. The highest BCUT2D eigenvalue weighted by Gasteiger charge is 2.32. The molecule has 1 aromatic heterocycles. The number of imidazole rings is 1. The third-order valence-electron chi connectivity index (χ3n) is 2.85. The number of aryl methyl sites for hydroxylation is 1. The van der Waals surface area contributed by atoms with Crippen LogP contribution in [0.15, 0.2) is 15.8 Å². The van der Waals surface area contributed by atoms with Crippen molar-refractivity contribution in [1.82, 2.24) is 14.5 Å². The second-order valence-electron chi connectivity index (χ2n) is 4.36. The molecule has 0 spiro atoms. The molecule has 0 aromatic carbocycles. The Morgan fingerprint density at radius 1 is 1.62 bits per heavy atom. The molecule has 1 aromatic rings. The van der Waals surface area contributed by atoms with Crippen LogP contribution in [0.3, 0.4) is 0 Å². The van der Waals surface area contributed by atoms with Gasteiger partial charge in [0, 0.05) is 20.0 Å². The number of thiocarbonyl (C=S) groups is 1. The number of carboxylic acids is 1. The molecule has 1 saturated heterocycles. The molecule has 0 unspecified atom stereocenters. The first kappa shape index (κ1) is 16.2. The van der Waals surface area contributed by atoms with Crippen LogP contribution in [0.5, 0.6) is 0 Å². The summed E-state index contributed by atoms with van der Waals surface area (Å²) < 4.78 is 2.90. The van der Waals surface area contributed by atoms with E-state index in [1.54, 1.807) is 17.0 Å². The summed E-state index contributed by atoms with van der Waals surface area (Å²) in [6.45, 7) is 0.320. The van der Waals surface area contributed by atoms with Crippen LogP contribution in [0.1, 0.15) is 18.5 Å². The lowest BCUT2D eigenvalue weighted by Gasteiger charge is -2.13. The Kier molecular flexibility index (Phi) is 5.17. The van der Waals surface area contributed by atoms with Crippen LogP contribution in [0, 0.1) is 0 Å². The first-order valence-corrected chi connectivity index (χ1v) is 8.06. The predicted molar refractivity (Wildman–Crippen MR) is 87.7 cm³/mol. The van der Waals surface area contributed by atoms with Crippen LogP contribution in [-0.2, 0) is 16.6 Å². The SMILES string of the molecule is Cn1cnc(Br)c1/C=C1/SC(=S)N(CCCC(=O)O)C1=O. The van der Waals surface area contributed by atoms with Gasteiger partial charge in [0.25, 0.3) is 5.91 Å². The number of aromatic nitrogens is 2. The molecule has 1 fully saturated rings. The number of hydrogen-bond donors (Lipinski definition) is 1. The van der Waals surface area contributed by atoms with E-state index >= 15 is 0 Å². The second-order valence-corrected chi connectivity index (χ2v) is 6.79. The molecule has 0 atom stereocenters. The Balaban J connectivity index is 2.12. The summed E-state index contributed by atoms with van der Waals surface area (Å²) in [6, 6.07) is 0. The van der Waals surface area contributed by atoms with Gasteiger partial charge in [0.15, 0.2) is 0 Å². The number of nitrogens with zero attached hydrogens (tertiary/aromatic N) is 3. The summed E-state index contributed by atoms with van der Waals surface area (Å²) in [5.41, 5.74) is 0.779. The summed E-state index contributed by atoms with van der Waals surface area (Å²) in [4.78, 5) is 28.9. The van der Waals surface area contributed by atoms with Gasteiger partial charge in [0.1, 0.15) is 8.92 Å². The zero-order chi connectivity index (χ0) is 15.6. The van der Waals surface area contributed by atoms with E-state index < -0.39 is 5.97 Å². The predicted octanol–water partition coefficient (Wildman–Crippen LogP) is 2.25. The number of carboxylic acid groups (broad SMARTS) is 1. The zero-order valence-corrected chi connectivity index (χ0v) is 14.3. The van der Waals surface area contributed by atoms with E-state index in [0.717, 1.165) is 5.69 Å². The van der Waals surface area contributed by atoms with Crippen LogP contribution in [0.4, 0.5) is 0 Å². The van der Waals surface area contributed by atoms with Crippen molar-refractivity contribution in [3.8, 4) is 0 Å². The lowest BCUT2D eigenvalue weighted by Crippen LogP contribution is -2.29. The second kappa shape index (κ2) is 6.71. The van der Waals surface area contributed by atoms with Crippen molar-refractivity contribution in [3.63, 3.8) is 0 Å². The van der Waals surface area contributed by atoms with Crippen molar-refractivity contribution >= 4 is 62.2 Å². The van der Waals surface area contributed by atoms with E-state index in [1.807, 2.05) is 7.05 Å². The molecule has 1 N–H and O–H groups in total. The highest BCUT2D eigenvalue weighted by Crippen LogP contribution is 2.33. The lowest BCUT2D eigenvalue weighted by atomic mass is 10.3. The first-order chi connectivity index (χ1) is 9.90. The fourth-order valence-electron chi connectivity index (χ4n) is 1.78. The van der Waals surface area contributed by atoms with Gasteiger partial charge in [-0.1, -0.05) is 24.0 Å². The van der Waals surface area contributed by atoms with Gasteiger partial charge in [-0.25, -0.2) is 4.98 Å². The number of carbonyl (C=O) groups is 2. The first-order valence-electron chi connectivity index (χ1n) is 6.04. The van der Waals surface area contributed by atoms with Crippen molar-refractivity contribution in [2.45, 2.75) is 12.8 Å². The van der Waals surface area contributed by atoms with E-state index in [9.17, 15) is 9.59 Å². The Hall–Kier alpha value is -1.19.